The van der Waals surface area contributed by atoms with Crippen molar-refractivity contribution < 1.29 is 28.5 Å². The summed E-state index contributed by atoms with van der Waals surface area (Å²) in [6, 6.07) is 4.78. The second-order valence-corrected chi connectivity index (χ2v) is 9.85. The van der Waals surface area contributed by atoms with Gasteiger partial charge in [-0.15, -0.1) is 0 Å². The fourth-order valence-electron chi connectivity index (χ4n) is 4.49. The fourth-order valence-corrected chi connectivity index (χ4v) is 5.05. The van der Waals surface area contributed by atoms with Gasteiger partial charge in [-0.3, -0.25) is 4.57 Å². The Morgan fingerprint density at radius 2 is 2.03 bits per heavy atom. The molecule has 0 spiro atoms. The molecule has 1 saturated heterocycles. The number of ether oxygens (including phenoxy) is 1. The lowest BCUT2D eigenvalue weighted by atomic mass is 9.97. The zero-order valence-corrected chi connectivity index (χ0v) is 18.3. The van der Waals surface area contributed by atoms with Crippen molar-refractivity contribution in [2.24, 2.45) is 5.14 Å². The molecule has 6 N–H and O–H groups in total. The first-order chi connectivity index (χ1) is 15.8. The molecule has 1 aromatic carbocycles. The van der Waals surface area contributed by atoms with Gasteiger partial charge in [0.2, 0.25) is 10.0 Å². The van der Waals surface area contributed by atoms with Crippen molar-refractivity contribution in [1.82, 2.24) is 19.5 Å². The molecule has 0 amide bonds. The van der Waals surface area contributed by atoms with Crippen molar-refractivity contribution in [3.63, 3.8) is 0 Å². The minimum Gasteiger partial charge on any atom is -0.394 e. The van der Waals surface area contributed by atoms with Crippen LogP contribution in [0.3, 0.4) is 0 Å². The molecule has 0 aliphatic carbocycles. The summed E-state index contributed by atoms with van der Waals surface area (Å²) in [4.78, 5) is 13.3. The zero-order chi connectivity index (χ0) is 23.3. The second kappa shape index (κ2) is 8.27. The lowest BCUT2D eigenvalue weighted by Crippen LogP contribution is -2.33. The van der Waals surface area contributed by atoms with E-state index in [4.69, 9.17) is 9.88 Å². The number of aryl methyl sites for hydroxylation is 1. The van der Waals surface area contributed by atoms with Crippen LogP contribution in [0.1, 0.15) is 29.8 Å². The van der Waals surface area contributed by atoms with Crippen molar-refractivity contribution in [3.05, 3.63) is 42.1 Å². The number of imidazole rings is 1. The lowest BCUT2D eigenvalue weighted by molar-refractivity contribution is -0.0511. The summed E-state index contributed by atoms with van der Waals surface area (Å²) in [7, 11) is -3.79. The van der Waals surface area contributed by atoms with Gasteiger partial charge in [-0.25, -0.2) is 28.5 Å². The predicted molar refractivity (Wildman–Crippen MR) is 116 cm³/mol. The summed E-state index contributed by atoms with van der Waals surface area (Å²) in [6.07, 6.45) is -0.160. The number of sulfonamides is 1. The third-order valence-corrected chi connectivity index (χ3v) is 7.18. The molecule has 1 fully saturated rings. The number of aliphatic hydroxyl groups excluding tert-OH is 3. The van der Waals surface area contributed by atoms with Gasteiger partial charge in [0, 0.05) is 18.2 Å². The molecule has 5 rings (SSSR count). The maximum atomic E-state index is 11.7. The minimum absolute atomic E-state index is 0.0469. The van der Waals surface area contributed by atoms with Crippen molar-refractivity contribution in [3.8, 4) is 0 Å². The smallest absolute Gasteiger partial charge is 0.238 e. The summed E-state index contributed by atoms with van der Waals surface area (Å²) in [5, 5.41) is 38.5. The van der Waals surface area contributed by atoms with Crippen molar-refractivity contribution >= 4 is 26.9 Å². The summed E-state index contributed by atoms with van der Waals surface area (Å²) in [6.45, 7) is 0.123. The molecule has 2 aliphatic heterocycles. The number of nitrogens with one attached hydrogen (secondary N) is 1. The monoisotopic (exact) mass is 476 g/mol. The van der Waals surface area contributed by atoms with Crippen LogP contribution in [-0.4, -0.2) is 74.7 Å². The maximum Gasteiger partial charge on any atom is 0.238 e. The molecule has 1 unspecified atom stereocenters. The summed E-state index contributed by atoms with van der Waals surface area (Å²) >= 11 is 0. The van der Waals surface area contributed by atoms with Gasteiger partial charge in [-0.05, 0) is 36.6 Å². The van der Waals surface area contributed by atoms with Crippen LogP contribution in [0.15, 0.2) is 35.7 Å². The van der Waals surface area contributed by atoms with Crippen LogP contribution >= 0.6 is 0 Å². The van der Waals surface area contributed by atoms with Crippen molar-refractivity contribution in [2.75, 3.05) is 18.5 Å². The molecule has 2 aliphatic rings. The van der Waals surface area contributed by atoms with Crippen LogP contribution in [0.5, 0.6) is 0 Å². The van der Waals surface area contributed by atoms with Crippen LogP contribution in [-0.2, 0) is 21.2 Å². The predicted octanol–water partition coefficient (Wildman–Crippen LogP) is -0.773. The molecule has 0 bridgehead atoms. The van der Waals surface area contributed by atoms with Gasteiger partial charge in [0.15, 0.2) is 11.9 Å². The van der Waals surface area contributed by atoms with Crippen LogP contribution < -0.4 is 10.5 Å². The summed E-state index contributed by atoms with van der Waals surface area (Å²) in [5.41, 5.74) is 3.38. The van der Waals surface area contributed by atoms with E-state index in [1.165, 1.54) is 23.3 Å². The molecule has 4 heterocycles. The molecule has 13 heteroatoms. The van der Waals surface area contributed by atoms with Gasteiger partial charge in [0.25, 0.3) is 0 Å². The average molecular weight is 477 g/mol. The summed E-state index contributed by atoms with van der Waals surface area (Å²) < 4.78 is 30.6. The Morgan fingerprint density at radius 3 is 2.76 bits per heavy atom. The van der Waals surface area contributed by atoms with Gasteiger partial charge in [0.05, 0.1) is 23.5 Å². The standard InChI is InChI=1S/C20H24N6O6S/c21-33(30,31)12-3-4-13-10(5-12)1-2-11(6-22-13)15-16-19(24-8-23-15)26(9-25-16)20-18(29)17(28)14(7-27)32-20/h3-5,8-9,11,14,17-18,20,22,27-29H,1-2,6-7H2,(H2,21,30,31)/t11?,14-,17-,18-,20-/m1/s1. The molecule has 33 heavy (non-hydrogen) atoms. The molecule has 176 valence electrons. The van der Waals surface area contributed by atoms with E-state index in [0.29, 0.717) is 36.2 Å². The Kier molecular flexibility index (Phi) is 5.55. The molecule has 3 aromatic rings. The Bertz CT molecular complexity index is 1300. The summed E-state index contributed by atoms with van der Waals surface area (Å²) in [5.74, 6) is -0.0469. The Hall–Kier alpha value is -2.68. The highest BCUT2D eigenvalue weighted by Crippen LogP contribution is 2.35. The first-order valence-electron chi connectivity index (χ1n) is 10.5. The van der Waals surface area contributed by atoms with E-state index in [9.17, 15) is 23.7 Å². The van der Waals surface area contributed by atoms with Crippen LogP contribution in [0, 0.1) is 0 Å². The Morgan fingerprint density at radius 1 is 1.21 bits per heavy atom. The van der Waals surface area contributed by atoms with Crippen LogP contribution in [0.2, 0.25) is 0 Å². The SMILES string of the molecule is NS(=O)(=O)c1ccc2c(c1)CCC(c1ncnc3c1ncn3[C@@H]1O[C@H](CO)[C@@H](O)[C@H]1O)CN2. The van der Waals surface area contributed by atoms with Gasteiger partial charge >= 0.3 is 0 Å². The molecule has 5 atom stereocenters. The number of nitrogens with zero attached hydrogens (tertiary/aromatic N) is 4. The molecular weight excluding hydrogens is 452 g/mol. The molecule has 12 nitrogen and oxygen atoms in total. The van der Waals surface area contributed by atoms with Crippen LogP contribution in [0.4, 0.5) is 5.69 Å². The largest absolute Gasteiger partial charge is 0.394 e. The lowest BCUT2D eigenvalue weighted by Gasteiger charge is -2.17. The van der Waals surface area contributed by atoms with Crippen molar-refractivity contribution in [1.29, 1.82) is 0 Å². The second-order valence-electron chi connectivity index (χ2n) is 8.29. The minimum atomic E-state index is -3.79. The van der Waals surface area contributed by atoms with E-state index in [0.717, 1.165) is 11.3 Å². The number of fused-ring (bicyclic) bond motifs is 2. The highest BCUT2D eigenvalue weighted by atomic mass is 32.2. The van der Waals surface area contributed by atoms with Gasteiger partial charge in [-0.1, -0.05) is 0 Å². The topological polar surface area (TPSA) is 186 Å². The number of benzene rings is 1. The number of anilines is 1. The maximum absolute atomic E-state index is 11.7. The van der Waals surface area contributed by atoms with Gasteiger partial charge in [-0.2, -0.15) is 0 Å². The highest BCUT2D eigenvalue weighted by Gasteiger charge is 2.44. The molecular formula is C20H24N6O6S. The van der Waals surface area contributed by atoms with E-state index in [-0.39, 0.29) is 10.8 Å². The van der Waals surface area contributed by atoms with E-state index >= 15 is 0 Å². The van der Waals surface area contributed by atoms with Gasteiger partial charge in [0.1, 0.15) is 30.2 Å². The van der Waals surface area contributed by atoms with Crippen LogP contribution in [0.25, 0.3) is 11.2 Å². The number of primary sulfonamides is 1. The van der Waals surface area contributed by atoms with E-state index in [1.807, 2.05) is 0 Å². The van der Waals surface area contributed by atoms with E-state index in [2.05, 4.69) is 20.3 Å². The average Bonchev–Trinajstić information content (AvgIpc) is 3.26. The third-order valence-electron chi connectivity index (χ3n) is 6.27. The number of aliphatic hydroxyl groups is 3. The third kappa shape index (κ3) is 3.86. The number of hydrogen-bond donors (Lipinski definition) is 5. The fraction of sp³-hybridized carbons (Fsp3) is 0.450. The number of aromatic nitrogens is 4. The van der Waals surface area contributed by atoms with Crippen molar-refractivity contribution in [2.45, 2.75) is 48.2 Å². The quantitative estimate of drug-likeness (QED) is 0.320. The van der Waals surface area contributed by atoms with E-state index < -0.39 is 41.2 Å². The number of rotatable bonds is 4. The van der Waals surface area contributed by atoms with E-state index in [1.54, 1.807) is 12.1 Å². The van der Waals surface area contributed by atoms with Gasteiger partial charge < -0.3 is 25.4 Å². The molecule has 0 radical (unpaired) electrons. The first kappa shape index (κ1) is 22.1. The number of nitrogens with two attached hydrogens (primary N) is 1. The number of hydrogen-bond acceptors (Lipinski definition) is 10. The Balaban J connectivity index is 1.44. The zero-order valence-electron chi connectivity index (χ0n) is 17.4. The normalized spacial score (nSPS) is 27.8. The first-order valence-corrected chi connectivity index (χ1v) is 12.0. The molecule has 2 aromatic heterocycles. The Labute approximate surface area is 189 Å². The molecule has 0 saturated carbocycles. The highest BCUT2D eigenvalue weighted by molar-refractivity contribution is 7.89.